The molecule has 2 aromatic carbocycles. The summed E-state index contributed by atoms with van der Waals surface area (Å²) in [5.74, 6) is -1.23. The fourth-order valence-corrected chi connectivity index (χ4v) is 4.48. The number of halogens is 2. The van der Waals surface area contributed by atoms with Crippen LogP contribution in [0, 0.1) is 5.82 Å². The maximum Gasteiger partial charge on any atom is 0.338 e. The number of amides is 1. The first-order valence-electron chi connectivity index (χ1n) is 11.0. The summed E-state index contributed by atoms with van der Waals surface area (Å²) in [6.07, 6.45) is 8.39. The topological polar surface area (TPSA) is 73.2 Å². The Balaban J connectivity index is 1.42. The van der Waals surface area contributed by atoms with Crippen molar-refractivity contribution in [3.63, 3.8) is 0 Å². The Kier molecular flexibility index (Phi) is 5.44. The Labute approximate surface area is 195 Å². The van der Waals surface area contributed by atoms with Crippen molar-refractivity contribution in [1.29, 1.82) is 0 Å². The minimum absolute atomic E-state index is 0.00801. The molecule has 2 saturated carbocycles. The van der Waals surface area contributed by atoms with Crippen molar-refractivity contribution in [3.05, 3.63) is 70.8 Å². The standard InChI is InChI=1S/C25H23ClFN3O3/c1-33-23(31)20-12-17(6-7-19(20)15-13-28-30(14-15)18-3-2-4-18)29-24(32)25(9-10-25)16-5-8-22(27)21(26)11-16/h5-8,11-14,18H,2-4,9-10H2,1H3,(H,29,32). The number of methoxy groups -OCH3 is 1. The first-order valence-corrected chi connectivity index (χ1v) is 11.3. The molecule has 1 heterocycles. The zero-order valence-electron chi connectivity index (χ0n) is 18.1. The molecule has 6 nitrogen and oxygen atoms in total. The number of nitrogens with zero attached hydrogens (tertiary/aromatic N) is 2. The minimum Gasteiger partial charge on any atom is -0.465 e. The molecule has 33 heavy (non-hydrogen) atoms. The van der Waals surface area contributed by atoms with Gasteiger partial charge in [0.15, 0.2) is 0 Å². The first-order chi connectivity index (χ1) is 15.9. The SMILES string of the molecule is COC(=O)c1cc(NC(=O)C2(c3ccc(F)c(Cl)c3)CC2)ccc1-c1cnn(C2CCC2)c1. The van der Waals surface area contributed by atoms with Gasteiger partial charge in [0, 0.05) is 17.4 Å². The van der Waals surface area contributed by atoms with Crippen LogP contribution in [-0.2, 0) is 14.9 Å². The van der Waals surface area contributed by atoms with Crippen LogP contribution in [0.1, 0.15) is 54.1 Å². The lowest BCUT2D eigenvalue weighted by Gasteiger charge is -2.25. The van der Waals surface area contributed by atoms with E-state index in [9.17, 15) is 14.0 Å². The van der Waals surface area contributed by atoms with Gasteiger partial charge in [0.05, 0.1) is 35.3 Å². The van der Waals surface area contributed by atoms with Crippen LogP contribution in [-0.4, -0.2) is 28.8 Å². The number of carbonyl (C=O) groups is 2. The van der Waals surface area contributed by atoms with E-state index in [4.69, 9.17) is 16.3 Å². The maximum absolute atomic E-state index is 13.6. The summed E-state index contributed by atoms with van der Waals surface area (Å²) in [6.45, 7) is 0. The van der Waals surface area contributed by atoms with E-state index in [1.807, 2.05) is 10.9 Å². The number of aromatic nitrogens is 2. The van der Waals surface area contributed by atoms with Crippen LogP contribution in [0.2, 0.25) is 5.02 Å². The molecule has 2 aliphatic rings. The molecular weight excluding hydrogens is 445 g/mol. The van der Waals surface area contributed by atoms with Crippen LogP contribution in [0.3, 0.4) is 0 Å². The molecule has 0 aliphatic heterocycles. The van der Waals surface area contributed by atoms with Crippen LogP contribution in [0.15, 0.2) is 48.8 Å². The van der Waals surface area contributed by atoms with Gasteiger partial charge in [-0.05, 0) is 67.5 Å². The van der Waals surface area contributed by atoms with Crippen molar-refractivity contribution < 1.29 is 18.7 Å². The largest absolute Gasteiger partial charge is 0.465 e. The number of benzene rings is 2. The zero-order valence-corrected chi connectivity index (χ0v) is 18.9. The van der Waals surface area contributed by atoms with Gasteiger partial charge >= 0.3 is 5.97 Å². The van der Waals surface area contributed by atoms with Crippen LogP contribution in [0.5, 0.6) is 0 Å². The third kappa shape index (κ3) is 3.91. The summed E-state index contributed by atoms with van der Waals surface area (Å²) >= 11 is 5.93. The number of rotatable bonds is 6. The van der Waals surface area contributed by atoms with Gasteiger partial charge in [-0.25, -0.2) is 9.18 Å². The molecule has 0 saturated heterocycles. The van der Waals surface area contributed by atoms with Crippen molar-refractivity contribution in [2.45, 2.75) is 43.6 Å². The Morgan fingerprint density at radius 2 is 2.00 bits per heavy atom. The lowest BCUT2D eigenvalue weighted by molar-refractivity contribution is -0.118. The third-order valence-corrected chi connectivity index (χ3v) is 6.99. The first kappa shape index (κ1) is 21.6. The summed E-state index contributed by atoms with van der Waals surface area (Å²) in [5, 5.41) is 7.36. The van der Waals surface area contributed by atoms with E-state index in [-0.39, 0.29) is 10.9 Å². The quantitative estimate of drug-likeness (QED) is 0.484. The van der Waals surface area contributed by atoms with Crippen LogP contribution in [0.25, 0.3) is 11.1 Å². The molecule has 1 aromatic heterocycles. The van der Waals surface area contributed by atoms with Crippen molar-refractivity contribution in [2.24, 2.45) is 0 Å². The van der Waals surface area contributed by atoms with Crippen LogP contribution >= 0.6 is 11.6 Å². The van der Waals surface area contributed by atoms with E-state index in [2.05, 4.69) is 10.4 Å². The second-order valence-corrected chi connectivity index (χ2v) is 9.12. The highest BCUT2D eigenvalue weighted by molar-refractivity contribution is 6.30. The summed E-state index contributed by atoms with van der Waals surface area (Å²) in [7, 11) is 1.33. The van der Waals surface area contributed by atoms with Crippen LogP contribution in [0.4, 0.5) is 10.1 Å². The van der Waals surface area contributed by atoms with Gasteiger partial charge in [-0.1, -0.05) is 23.7 Å². The molecule has 0 bridgehead atoms. The summed E-state index contributed by atoms with van der Waals surface area (Å²) in [4.78, 5) is 25.7. The average Bonchev–Trinajstić information content (AvgIpc) is 3.46. The molecule has 2 aliphatic carbocycles. The van der Waals surface area contributed by atoms with Gasteiger partial charge in [0.1, 0.15) is 5.82 Å². The Hall–Kier alpha value is -3.19. The van der Waals surface area contributed by atoms with Crippen molar-refractivity contribution >= 4 is 29.2 Å². The van der Waals surface area contributed by atoms with E-state index in [1.54, 1.807) is 30.5 Å². The van der Waals surface area contributed by atoms with Crippen LogP contribution < -0.4 is 5.32 Å². The molecule has 0 atom stereocenters. The summed E-state index contributed by atoms with van der Waals surface area (Å²) in [6, 6.07) is 9.95. The molecule has 2 fully saturated rings. The van der Waals surface area contributed by atoms with E-state index >= 15 is 0 Å². The fraction of sp³-hybridized carbons (Fsp3) is 0.320. The van der Waals surface area contributed by atoms with Gasteiger partial charge in [0.25, 0.3) is 0 Å². The summed E-state index contributed by atoms with van der Waals surface area (Å²) in [5.41, 5.74) is 2.27. The molecular formula is C25H23ClFN3O3. The second-order valence-electron chi connectivity index (χ2n) is 8.71. The van der Waals surface area contributed by atoms with Gasteiger partial charge in [-0.3, -0.25) is 9.48 Å². The molecule has 0 unspecified atom stereocenters. The molecule has 1 amide bonds. The number of hydrogen-bond acceptors (Lipinski definition) is 4. The van der Waals surface area contributed by atoms with E-state index < -0.39 is 17.2 Å². The Morgan fingerprint density at radius 1 is 1.21 bits per heavy atom. The van der Waals surface area contributed by atoms with Gasteiger partial charge in [0.2, 0.25) is 5.91 Å². The monoisotopic (exact) mass is 467 g/mol. The average molecular weight is 468 g/mol. The summed E-state index contributed by atoms with van der Waals surface area (Å²) < 4.78 is 20.5. The molecule has 1 N–H and O–H groups in total. The number of carbonyl (C=O) groups excluding carboxylic acids is 2. The number of nitrogens with one attached hydrogen (secondary N) is 1. The second kappa shape index (κ2) is 8.30. The number of anilines is 1. The lowest BCUT2D eigenvalue weighted by Crippen LogP contribution is -2.28. The lowest BCUT2D eigenvalue weighted by atomic mass is 9.93. The van der Waals surface area contributed by atoms with Crippen molar-refractivity contribution in [3.8, 4) is 11.1 Å². The predicted molar refractivity (Wildman–Crippen MR) is 123 cm³/mol. The third-order valence-electron chi connectivity index (χ3n) is 6.70. The predicted octanol–water partition coefficient (Wildman–Crippen LogP) is 5.52. The Bertz CT molecular complexity index is 1250. The van der Waals surface area contributed by atoms with E-state index in [0.717, 1.165) is 18.4 Å². The maximum atomic E-state index is 13.6. The van der Waals surface area contributed by atoms with Gasteiger partial charge in [-0.15, -0.1) is 0 Å². The highest BCUT2D eigenvalue weighted by Gasteiger charge is 2.51. The molecule has 170 valence electrons. The fourth-order valence-electron chi connectivity index (χ4n) is 4.30. The Morgan fingerprint density at radius 3 is 2.64 bits per heavy atom. The van der Waals surface area contributed by atoms with Gasteiger partial charge in [-0.2, -0.15) is 5.10 Å². The van der Waals surface area contributed by atoms with Gasteiger partial charge < -0.3 is 10.1 Å². The zero-order chi connectivity index (χ0) is 23.2. The molecule has 8 heteroatoms. The van der Waals surface area contributed by atoms with Crippen molar-refractivity contribution in [2.75, 3.05) is 12.4 Å². The molecule has 0 spiro atoms. The van der Waals surface area contributed by atoms with Crippen molar-refractivity contribution in [1.82, 2.24) is 9.78 Å². The number of hydrogen-bond donors (Lipinski definition) is 1. The molecule has 3 aromatic rings. The number of ether oxygens (including phenoxy) is 1. The normalized spacial score (nSPS) is 16.7. The molecule has 0 radical (unpaired) electrons. The smallest absolute Gasteiger partial charge is 0.338 e. The highest BCUT2D eigenvalue weighted by atomic mass is 35.5. The van der Waals surface area contributed by atoms with E-state index in [1.165, 1.54) is 25.7 Å². The highest BCUT2D eigenvalue weighted by Crippen LogP contribution is 2.49. The molecule has 5 rings (SSSR count). The van der Waals surface area contributed by atoms with E-state index in [0.29, 0.717) is 41.3 Å². The number of esters is 1. The minimum atomic E-state index is -0.745.